The van der Waals surface area contributed by atoms with Gasteiger partial charge in [-0.25, -0.2) is 9.18 Å². The number of ether oxygens (including phenoxy) is 1. The Labute approximate surface area is 167 Å². The molecule has 1 aromatic carbocycles. The van der Waals surface area contributed by atoms with Crippen LogP contribution >= 0.6 is 0 Å². The first-order valence-corrected chi connectivity index (χ1v) is 9.65. The van der Waals surface area contributed by atoms with Crippen molar-refractivity contribution in [2.45, 2.75) is 51.0 Å². The van der Waals surface area contributed by atoms with Crippen molar-refractivity contribution in [3.8, 4) is 0 Å². The summed E-state index contributed by atoms with van der Waals surface area (Å²) in [6.07, 6.45) is 3.06. The fourth-order valence-corrected chi connectivity index (χ4v) is 3.59. The molecule has 0 aromatic heterocycles. The maximum atomic E-state index is 12.9. The van der Waals surface area contributed by atoms with Gasteiger partial charge >= 0.3 is 12.0 Å². The third-order valence-corrected chi connectivity index (χ3v) is 5.42. The molecule has 0 radical (unpaired) electrons. The van der Waals surface area contributed by atoms with E-state index in [0.717, 1.165) is 18.4 Å². The molecule has 1 aromatic rings. The number of amides is 4. The van der Waals surface area contributed by atoms with Crippen LogP contribution in [0.5, 0.6) is 0 Å². The van der Waals surface area contributed by atoms with E-state index in [0.29, 0.717) is 30.2 Å². The Bertz CT molecular complexity index is 803. The van der Waals surface area contributed by atoms with Gasteiger partial charge in [-0.1, -0.05) is 19.1 Å². The molecule has 1 heterocycles. The van der Waals surface area contributed by atoms with E-state index in [4.69, 9.17) is 4.74 Å². The van der Waals surface area contributed by atoms with Gasteiger partial charge < -0.3 is 10.1 Å². The maximum Gasteiger partial charge on any atom is 0.344 e. The molecule has 2 fully saturated rings. The molecular formula is C20H24FN3O5. The van der Waals surface area contributed by atoms with E-state index < -0.39 is 36.0 Å². The highest BCUT2D eigenvalue weighted by Gasteiger charge is 2.52. The Morgan fingerprint density at radius 3 is 2.55 bits per heavy atom. The van der Waals surface area contributed by atoms with Gasteiger partial charge in [0.2, 0.25) is 0 Å². The Morgan fingerprint density at radius 2 is 1.90 bits per heavy atom. The molecule has 29 heavy (non-hydrogen) atoms. The molecule has 2 aliphatic rings. The van der Waals surface area contributed by atoms with Gasteiger partial charge in [-0.05, 0) is 55.7 Å². The van der Waals surface area contributed by atoms with E-state index in [9.17, 15) is 23.6 Å². The fourth-order valence-electron chi connectivity index (χ4n) is 3.59. The lowest BCUT2D eigenvalue weighted by Gasteiger charge is -2.33. The van der Waals surface area contributed by atoms with Crippen molar-refractivity contribution in [1.29, 1.82) is 0 Å². The molecule has 4 amide bonds. The number of carbonyl (C=O) groups is 4. The lowest BCUT2D eigenvalue weighted by atomic mass is 9.77. The summed E-state index contributed by atoms with van der Waals surface area (Å²) in [5.41, 5.74) is 2.02. The largest absolute Gasteiger partial charge is 0.455 e. The van der Waals surface area contributed by atoms with Crippen LogP contribution in [0.3, 0.4) is 0 Å². The predicted octanol–water partition coefficient (Wildman–Crippen LogP) is 1.83. The van der Waals surface area contributed by atoms with Gasteiger partial charge in [0.25, 0.3) is 11.8 Å². The Hall–Kier alpha value is -2.97. The van der Waals surface area contributed by atoms with Crippen molar-refractivity contribution in [2.24, 2.45) is 5.92 Å². The molecular weight excluding hydrogens is 381 g/mol. The second kappa shape index (κ2) is 8.59. The van der Waals surface area contributed by atoms with Crippen LogP contribution in [0.1, 0.15) is 44.6 Å². The minimum absolute atomic E-state index is 0.0172. The normalized spacial score (nSPS) is 23.8. The number of benzene rings is 1. The SMILES string of the molecule is CC1CCC2(CC1)NC(=O)N(NC(=O)COC(=O)CCc1ccc(F)cc1)C2=O. The highest BCUT2D eigenvalue weighted by Crippen LogP contribution is 2.35. The number of hydrazine groups is 1. The highest BCUT2D eigenvalue weighted by molar-refractivity contribution is 6.08. The molecule has 9 heteroatoms. The van der Waals surface area contributed by atoms with Crippen LogP contribution in [0.15, 0.2) is 24.3 Å². The molecule has 156 valence electrons. The minimum Gasteiger partial charge on any atom is -0.455 e. The van der Waals surface area contributed by atoms with E-state index in [1.807, 2.05) is 0 Å². The van der Waals surface area contributed by atoms with E-state index in [1.54, 1.807) is 12.1 Å². The van der Waals surface area contributed by atoms with Crippen molar-refractivity contribution in [2.75, 3.05) is 6.61 Å². The third kappa shape index (κ3) is 4.90. The van der Waals surface area contributed by atoms with E-state index in [2.05, 4.69) is 17.7 Å². The molecule has 2 N–H and O–H groups in total. The number of esters is 1. The van der Waals surface area contributed by atoms with Crippen molar-refractivity contribution < 1.29 is 28.3 Å². The van der Waals surface area contributed by atoms with Gasteiger partial charge in [-0.3, -0.25) is 19.8 Å². The van der Waals surface area contributed by atoms with Gasteiger partial charge in [0.15, 0.2) is 6.61 Å². The van der Waals surface area contributed by atoms with Crippen LogP contribution in [0.2, 0.25) is 0 Å². The van der Waals surface area contributed by atoms with Gasteiger partial charge in [0.1, 0.15) is 11.4 Å². The van der Waals surface area contributed by atoms with Gasteiger partial charge in [-0.2, -0.15) is 5.01 Å². The van der Waals surface area contributed by atoms with Crippen molar-refractivity contribution >= 4 is 23.8 Å². The number of carbonyl (C=O) groups excluding carboxylic acids is 4. The molecule has 1 aliphatic carbocycles. The van der Waals surface area contributed by atoms with Crippen molar-refractivity contribution in [3.63, 3.8) is 0 Å². The zero-order valence-electron chi connectivity index (χ0n) is 16.2. The molecule has 0 unspecified atom stereocenters. The monoisotopic (exact) mass is 405 g/mol. The summed E-state index contributed by atoms with van der Waals surface area (Å²) < 4.78 is 17.7. The first-order chi connectivity index (χ1) is 13.8. The molecule has 1 saturated carbocycles. The summed E-state index contributed by atoms with van der Waals surface area (Å²) in [6.45, 7) is 1.49. The average Bonchev–Trinajstić information content (AvgIpc) is 2.92. The van der Waals surface area contributed by atoms with Crippen molar-refractivity contribution in [1.82, 2.24) is 15.8 Å². The molecule has 1 aliphatic heterocycles. The number of rotatable bonds is 6. The first kappa shape index (κ1) is 20.8. The van der Waals surface area contributed by atoms with Gasteiger partial charge in [0, 0.05) is 6.42 Å². The third-order valence-electron chi connectivity index (χ3n) is 5.42. The van der Waals surface area contributed by atoms with E-state index in [1.165, 1.54) is 12.1 Å². The summed E-state index contributed by atoms with van der Waals surface area (Å²) in [7, 11) is 0. The zero-order chi connectivity index (χ0) is 21.0. The van der Waals surface area contributed by atoms with Crippen molar-refractivity contribution in [3.05, 3.63) is 35.6 Å². The summed E-state index contributed by atoms with van der Waals surface area (Å²) in [5.74, 6) is -1.74. The van der Waals surface area contributed by atoms with Crippen LogP contribution < -0.4 is 10.7 Å². The number of halogens is 1. The smallest absolute Gasteiger partial charge is 0.344 e. The number of nitrogens with zero attached hydrogens (tertiary/aromatic N) is 1. The predicted molar refractivity (Wildman–Crippen MR) is 99.6 cm³/mol. The van der Waals surface area contributed by atoms with Gasteiger partial charge in [-0.15, -0.1) is 0 Å². The zero-order valence-corrected chi connectivity index (χ0v) is 16.2. The Balaban J connectivity index is 1.44. The lowest BCUT2D eigenvalue weighted by Crippen LogP contribution is -2.52. The van der Waals surface area contributed by atoms with Crippen LogP contribution in [-0.4, -0.2) is 41.0 Å². The summed E-state index contributed by atoms with van der Waals surface area (Å²) in [4.78, 5) is 48.6. The summed E-state index contributed by atoms with van der Waals surface area (Å²) in [6, 6.07) is 5.04. The minimum atomic E-state index is -0.956. The van der Waals surface area contributed by atoms with Crippen LogP contribution in [0.25, 0.3) is 0 Å². The molecule has 1 saturated heterocycles. The van der Waals surface area contributed by atoms with Crippen LogP contribution in [0, 0.1) is 11.7 Å². The molecule has 1 spiro atoms. The highest BCUT2D eigenvalue weighted by atomic mass is 19.1. The Morgan fingerprint density at radius 1 is 1.24 bits per heavy atom. The maximum absolute atomic E-state index is 12.9. The number of nitrogens with one attached hydrogen (secondary N) is 2. The number of urea groups is 1. The number of aryl methyl sites for hydroxylation is 1. The second-order valence-electron chi connectivity index (χ2n) is 7.66. The number of imide groups is 1. The van der Waals surface area contributed by atoms with Gasteiger partial charge in [0.05, 0.1) is 0 Å². The lowest BCUT2D eigenvalue weighted by molar-refractivity contribution is -0.150. The van der Waals surface area contributed by atoms with E-state index in [-0.39, 0.29) is 12.2 Å². The Kier molecular flexibility index (Phi) is 6.14. The molecule has 0 bridgehead atoms. The quantitative estimate of drug-likeness (QED) is 0.555. The topological polar surface area (TPSA) is 105 Å². The number of hydrogen-bond donors (Lipinski definition) is 2. The molecule has 8 nitrogen and oxygen atoms in total. The molecule has 3 rings (SSSR count). The van der Waals surface area contributed by atoms with Crippen LogP contribution in [0.4, 0.5) is 9.18 Å². The first-order valence-electron chi connectivity index (χ1n) is 9.65. The van der Waals surface area contributed by atoms with Crippen LogP contribution in [-0.2, 0) is 25.5 Å². The summed E-state index contributed by atoms with van der Waals surface area (Å²) in [5, 5.41) is 3.36. The average molecular weight is 405 g/mol. The molecule has 0 atom stereocenters. The number of hydrogen-bond acceptors (Lipinski definition) is 5. The second-order valence-corrected chi connectivity index (χ2v) is 7.66. The standard InChI is InChI=1S/C20H24FN3O5/c1-13-8-10-20(11-9-13)18(27)24(19(28)22-20)23-16(25)12-29-17(26)7-4-14-2-5-15(21)6-3-14/h2-3,5-6,13H,4,7-12H2,1H3,(H,22,28)(H,23,25). The van der Waals surface area contributed by atoms with E-state index >= 15 is 0 Å². The fraction of sp³-hybridized carbons (Fsp3) is 0.500. The summed E-state index contributed by atoms with van der Waals surface area (Å²) >= 11 is 0.